The van der Waals surface area contributed by atoms with Crippen LogP contribution in [0.5, 0.6) is 11.5 Å². The van der Waals surface area contributed by atoms with Crippen molar-refractivity contribution in [3.63, 3.8) is 0 Å². The Kier molecular flexibility index (Phi) is 2.17. The van der Waals surface area contributed by atoms with Crippen molar-refractivity contribution in [2.24, 2.45) is 11.3 Å². The van der Waals surface area contributed by atoms with Crippen LogP contribution < -0.4 is 9.47 Å². The molecule has 0 amide bonds. The van der Waals surface area contributed by atoms with Crippen LogP contribution in [0, 0.1) is 11.3 Å². The number of carbonyl (C=O) groups excluding carboxylic acids is 1. The molecule has 1 aliphatic carbocycles. The lowest BCUT2D eigenvalue weighted by Gasteiger charge is -2.19. The molecule has 2 bridgehead atoms. The molecular formula is C13H13ClO3. The molecule has 1 fully saturated rings. The van der Waals surface area contributed by atoms with Gasteiger partial charge in [0.2, 0.25) is 12.0 Å². The molecule has 3 rings (SSSR count). The zero-order chi connectivity index (χ0) is 12.2. The first kappa shape index (κ1) is 10.9. The van der Waals surface area contributed by atoms with Crippen LogP contribution in [-0.4, -0.2) is 12.0 Å². The number of benzene rings is 1. The van der Waals surface area contributed by atoms with Crippen LogP contribution >= 0.6 is 11.6 Å². The van der Waals surface area contributed by atoms with E-state index in [2.05, 4.69) is 13.8 Å². The minimum Gasteiger partial charge on any atom is -0.457 e. The van der Waals surface area contributed by atoms with E-state index in [0.29, 0.717) is 0 Å². The van der Waals surface area contributed by atoms with Crippen molar-refractivity contribution in [1.29, 1.82) is 0 Å². The second-order valence-electron chi connectivity index (χ2n) is 5.19. The van der Waals surface area contributed by atoms with Gasteiger partial charge in [0.25, 0.3) is 0 Å². The number of carbonyl (C=O) groups is 1. The Morgan fingerprint density at radius 2 is 2.18 bits per heavy atom. The molecule has 17 heavy (non-hydrogen) atoms. The molecule has 2 aliphatic rings. The number of rotatable bonds is 2. The fourth-order valence-corrected chi connectivity index (χ4v) is 3.20. The van der Waals surface area contributed by atoms with Crippen LogP contribution in [0.25, 0.3) is 0 Å². The van der Waals surface area contributed by atoms with Gasteiger partial charge in [-0.2, -0.15) is 0 Å². The molecule has 0 spiro atoms. The number of halogens is 1. The Balaban J connectivity index is 1.99. The highest BCUT2D eigenvalue weighted by Crippen LogP contribution is 2.66. The zero-order valence-electron chi connectivity index (χ0n) is 9.70. The Hall–Kier alpha value is -1.22. The van der Waals surface area contributed by atoms with Gasteiger partial charge in [-0.15, -0.1) is 0 Å². The summed E-state index contributed by atoms with van der Waals surface area (Å²) >= 11 is 5.64. The van der Waals surface area contributed by atoms with E-state index in [1.165, 1.54) is 0 Å². The van der Waals surface area contributed by atoms with E-state index in [0.717, 1.165) is 17.1 Å². The molecule has 1 saturated carbocycles. The van der Waals surface area contributed by atoms with Crippen molar-refractivity contribution in [3.05, 3.63) is 23.8 Å². The lowest BCUT2D eigenvalue weighted by Crippen LogP contribution is -2.12. The van der Waals surface area contributed by atoms with Crippen molar-refractivity contribution in [2.75, 3.05) is 6.79 Å². The van der Waals surface area contributed by atoms with Gasteiger partial charge in [-0.3, -0.25) is 4.79 Å². The van der Waals surface area contributed by atoms with Crippen molar-refractivity contribution in [1.82, 2.24) is 0 Å². The number of hydrogen-bond acceptors (Lipinski definition) is 3. The maximum atomic E-state index is 11.4. The summed E-state index contributed by atoms with van der Waals surface area (Å²) < 4.78 is 10.7. The second-order valence-corrected chi connectivity index (χ2v) is 5.56. The molecule has 1 heterocycles. The van der Waals surface area contributed by atoms with E-state index in [1.807, 2.05) is 18.2 Å². The maximum absolute atomic E-state index is 11.4. The standard InChI is InChI=1S/C13H13ClO3/c1-13(2)10(11(13)12(14)15)8-4-3-7-5-9(8)17-6-16-7/h3-5,10-11H,6H2,1-2H3. The Bertz CT molecular complexity index is 495. The van der Waals surface area contributed by atoms with Crippen molar-refractivity contribution < 1.29 is 14.3 Å². The molecule has 1 aromatic carbocycles. The minimum atomic E-state index is -0.261. The summed E-state index contributed by atoms with van der Waals surface area (Å²) in [6, 6.07) is 5.74. The first-order chi connectivity index (χ1) is 8.01. The molecule has 3 nitrogen and oxygen atoms in total. The second kappa shape index (κ2) is 3.39. The fourth-order valence-electron chi connectivity index (χ4n) is 2.79. The molecule has 90 valence electrons. The molecule has 0 radical (unpaired) electrons. The molecule has 1 aromatic rings. The lowest BCUT2D eigenvalue weighted by atomic mass is 10.0. The van der Waals surface area contributed by atoms with Crippen LogP contribution in [0.2, 0.25) is 0 Å². The molecule has 0 N–H and O–H groups in total. The molecule has 0 aromatic heterocycles. The molecular weight excluding hydrogens is 240 g/mol. The van der Waals surface area contributed by atoms with Gasteiger partial charge in [-0.1, -0.05) is 19.9 Å². The third-order valence-electron chi connectivity index (χ3n) is 3.83. The quantitative estimate of drug-likeness (QED) is 0.760. The average Bonchev–Trinajstić information content (AvgIpc) is 2.82. The van der Waals surface area contributed by atoms with Gasteiger partial charge >= 0.3 is 0 Å². The third-order valence-corrected chi connectivity index (χ3v) is 4.07. The van der Waals surface area contributed by atoms with Gasteiger partial charge < -0.3 is 9.47 Å². The van der Waals surface area contributed by atoms with E-state index in [4.69, 9.17) is 21.1 Å². The number of hydrogen-bond donors (Lipinski definition) is 0. The van der Waals surface area contributed by atoms with Gasteiger partial charge in [0, 0.05) is 17.9 Å². The third kappa shape index (κ3) is 1.53. The summed E-state index contributed by atoms with van der Waals surface area (Å²) in [4.78, 5) is 11.4. The SMILES string of the molecule is CC1(C)C(C(=O)Cl)C1c1ccc2cc1OCO2. The molecule has 0 saturated heterocycles. The van der Waals surface area contributed by atoms with Crippen LogP contribution in [-0.2, 0) is 4.79 Å². The Labute approximate surface area is 105 Å². The zero-order valence-corrected chi connectivity index (χ0v) is 10.5. The van der Waals surface area contributed by atoms with Crippen LogP contribution in [0.4, 0.5) is 0 Å². The highest BCUT2D eigenvalue weighted by atomic mass is 35.5. The smallest absolute Gasteiger partial charge is 0.230 e. The summed E-state index contributed by atoms with van der Waals surface area (Å²) in [6.45, 7) is 4.35. The molecule has 2 unspecified atom stereocenters. The molecule has 2 atom stereocenters. The summed E-state index contributed by atoms with van der Waals surface area (Å²) in [5, 5.41) is -0.261. The summed E-state index contributed by atoms with van der Waals surface area (Å²) in [5.74, 6) is 1.65. The van der Waals surface area contributed by atoms with E-state index in [1.54, 1.807) is 0 Å². The topological polar surface area (TPSA) is 35.5 Å². The van der Waals surface area contributed by atoms with Gasteiger partial charge in [0.15, 0.2) is 0 Å². The summed E-state index contributed by atoms with van der Waals surface area (Å²) in [7, 11) is 0. The normalized spacial score (nSPS) is 27.9. The monoisotopic (exact) mass is 252 g/mol. The highest BCUT2D eigenvalue weighted by Gasteiger charge is 2.62. The Morgan fingerprint density at radius 1 is 1.41 bits per heavy atom. The van der Waals surface area contributed by atoms with Gasteiger partial charge in [0.05, 0.1) is 0 Å². The summed E-state index contributed by atoms with van der Waals surface area (Å²) in [6.07, 6.45) is 0. The van der Waals surface area contributed by atoms with Gasteiger partial charge in [-0.05, 0) is 28.6 Å². The van der Waals surface area contributed by atoms with Crippen molar-refractivity contribution in [2.45, 2.75) is 19.8 Å². The first-order valence-electron chi connectivity index (χ1n) is 5.60. The largest absolute Gasteiger partial charge is 0.457 e. The van der Waals surface area contributed by atoms with Gasteiger partial charge in [0.1, 0.15) is 11.5 Å². The van der Waals surface area contributed by atoms with E-state index in [-0.39, 0.29) is 29.3 Å². The van der Waals surface area contributed by atoms with E-state index in [9.17, 15) is 4.79 Å². The molecule has 4 heteroatoms. The van der Waals surface area contributed by atoms with Crippen molar-refractivity contribution in [3.8, 4) is 11.5 Å². The van der Waals surface area contributed by atoms with E-state index >= 15 is 0 Å². The molecule has 1 aliphatic heterocycles. The Morgan fingerprint density at radius 3 is 2.82 bits per heavy atom. The van der Waals surface area contributed by atoms with E-state index < -0.39 is 0 Å². The maximum Gasteiger partial charge on any atom is 0.230 e. The average molecular weight is 253 g/mol. The number of fused-ring (bicyclic) bond motifs is 2. The van der Waals surface area contributed by atoms with Crippen LogP contribution in [0.1, 0.15) is 25.3 Å². The lowest BCUT2D eigenvalue weighted by molar-refractivity contribution is -0.113. The van der Waals surface area contributed by atoms with Gasteiger partial charge in [-0.25, -0.2) is 0 Å². The van der Waals surface area contributed by atoms with Crippen molar-refractivity contribution >= 4 is 16.8 Å². The predicted molar refractivity (Wildman–Crippen MR) is 63.4 cm³/mol. The first-order valence-corrected chi connectivity index (χ1v) is 5.98. The summed E-state index contributed by atoms with van der Waals surface area (Å²) in [5.41, 5.74) is 0.972. The highest BCUT2D eigenvalue weighted by molar-refractivity contribution is 6.64. The number of ether oxygens (including phenoxy) is 2. The predicted octanol–water partition coefficient (Wildman–Crippen LogP) is 2.92. The van der Waals surface area contributed by atoms with Crippen LogP contribution in [0.15, 0.2) is 18.2 Å². The van der Waals surface area contributed by atoms with Crippen LogP contribution in [0.3, 0.4) is 0 Å². The minimum absolute atomic E-state index is 0.0848. The fraction of sp³-hybridized carbons (Fsp3) is 0.462.